The molecule has 4 aromatic rings. The molecule has 0 fully saturated rings. The lowest BCUT2D eigenvalue weighted by Crippen LogP contribution is -2.41. The average molecular weight is 564 g/mol. The number of nitrogens with zero attached hydrogens (tertiary/aromatic N) is 2. The Hall–Kier alpha value is -4.05. The second-order valence-electron chi connectivity index (χ2n) is 9.62. The fourth-order valence-corrected chi connectivity index (χ4v) is 6.55. The maximum atomic E-state index is 13.8. The molecule has 5 rings (SSSR count). The summed E-state index contributed by atoms with van der Waals surface area (Å²) < 4.78 is 18.8. The third-order valence-corrected chi connectivity index (χ3v) is 8.44. The molecule has 2 heterocycles. The Morgan fingerprint density at radius 3 is 2.48 bits per heavy atom. The van der Waals surface area contributed by atoms with Crippen LogP contribution in [-0.2, 0) is 30.6 Å². The van der Waals surface area contributed by atoms with Crippen molar-refractivity contribution < 1.29 is 19.0 Å². The number of hydrogen-bond acceptors (Lipinski definition) is 7. The lowest BCUT2D eigenvalue weighted by Gasteiger charge is -2.14. The Morgan fingerprint density at radius 2 is 1.75 bits per heavy atom. The number of fused-ring (bicyclic) bond motifs is 3. The van der Waals surface area contributed by atoms with Crippen LogP contribution in [0, 0.1) is 0 Å². The van der Waals surface area contributed by atoms with Crippen LogP contribution in [0.4, 0.5) is 0 Å². The molecule has 0 bridgehead atoms. The van der Waals surface area contributed by atoms with E-state index < -0.39 is 5.69 Å². The van der Waals surface area contributed by atoms with Gasteiger partial charge in [0.1, 0.15) is 17.1 Å². The molecule has 2 aromatic heterocycles. The first-order valence-corrected chi connectivity index (χ1v) is 14.3. The van der Waals surface area contributed by atoms with Crippen molar-refractivity contribution in [2.24, 2.45) is 0 Å². The minimum Gasteiger partial charge on any atom is -0.494 e. The summed E-state index contributed by atoms with van der Waals surface area (Å²) in [7, 11) is 3.16. The molecule has 1 aliphatic carbocycles. The van der Waals surface area contributed by atoms with Gasteiger partial charge in [-0.25, -0.2) is 9.36 Å². The number of rotatable bonds is 10. The quantitative estimate of drug-likeness (QED) is 0.315. The van der Waals surface area contributed by atoms with Gasteiger partial charge < -0.3 is 19.5 Å². The summed E-state index contributed by atoms with van der Waals surface area (Å²) in [4.78, 5) is 42.3. The lowest BCUT2D eigenvalue weighted by molar-refractivity contribution is -0.121. The van der Waals surface area contributed by atoms with Crippen molar-refractivity contribution in [3.63, 3.8) is 0 Å². The molecule has 0 atom stereocenters. The third-order valence-electron chi connectivity index (χ3n) is 7.13. The number of benzene rings is 2. The molecular formula is C30H33N3O6S. The molecule has 0 spiro atoms. The molecular weight excluding hydrogens is 530 g/mol. The summed E-state index contributed by atoms with van der Waals surface area (Å²) in [6.07, 6.45) is 4.30. The van der Waals surface area contributed by atoms with E-state index in [-0.39, 0.29) is 18.0 Å². The molecule has 0 aliphatic heterocycles. The number of carbonyl (C=O) groups excluding carboxylic acids is 1. The van der Waals surface area contributed by atoms with Crippen LogP contribution < -0.4 is 30.8 Å². The number of nitrogens with one attached hydrogen (secondary N) is 1. The van der Waals surface area contributed by atoms with Crippen LogP contribution in [0.2, 0.25) is 0 Å². The van der Waals surface area contributed by atoms with Gasteiger partial charge in [0.2, 0.25) is 5.91 Å². The average Bonchev–Trinajstić information content (AvgIpc) is 3.36. The normalized spacial score (nSPS) is 12.7. The summed E-state index contributed by atoms with van der Waals surface area (Å²) in [5, 5.41) is 3.47. The fraction of sp³-hybridized carbons (Fsp3) is 0.367. The van der Waals surface area contributed by atoms with E-state index >= 15 is 0 Å². The van der Waals surface area contributed by atoms with E-state index in [0.29, 0.717) is 52.7 Å². The van der Waals surface area contributed by atoms with Crippen LogP contribution in [-0.4, -0.2) is 42.4 Å². The Balaban J connectivity index is 1.45. The standard InChI is InChI=1S/C30H33N3O6S/c1-4-39-21-12-10-20(11-13-21)33-28(35)27-22-7-5-6-8-25(22)40-29(27)32(30(33)36)18-26(34)31-16-15-19-9-14-23(37-2)24(17-19)38-3/h9-14,17H,4-8,15-16,18H2,1-3H3,(H,31,34). The van der Waals surface area contributed by atoms with Gasteiger partial charge in [0.05, 0.1) is 31.9 Å². The van der Waals surface area contributed by atoms with E-state index in [4.69, 9.17) is 14.2 Å². The molecule has 9 nitrogen and oxygen atoms in total. The molecule has 1 aliphatic rings. The summed E-state index contributed by atoms with van der Waals surface area (Å²) in [5.41, 5.74) is 1.56. The van der Waals surface area contributed by atoms with E-state index in [9.17, 15) is 14.4 Å². The van der Waals surface area contributed by atoms with E-state index in [1.807, 2.05) is 25.1 Å². The van der Waals surface area contributed by atoms with Gasteiger partial charge in [-0.1, -0.05) is 6.07 Å². The highest BCUT2D eigenvalue weighted by Gasteiger charge is 2.25. The van der Waals surface area contributed by atoms with E-state index in [1.165, 1.54) is 20.5 Å². The van der Waals surface area contributed by atoms with Crippen molar-refractivity contribution in [3.05, 3.63) is 79.3 Å². The van der Waals surface area contributed by atoms with Crippen molar-refractivity contribution in [1.82, 2.24) is 14.5 Å². The van der Waals surface area contributed by atoms with Gasteiger partial charge in [-0.3, -0.25) is 14.2 Å². The van der Waals surface area contributed by atoms with Crippen LogP contribution in [0.3, 0.4) is 0 Å². The number of methoxy groups -OCH3 is 2. The van der Waals surface area contributed by atoms with Crippen LogP contribution in [0.1, 0.15) is 35.8 Å². The zero-order valence-electron chi connectivity index (χ0n) is 23.0. The number of aromatic nitrogens is 2. The maximum Gasteiger partial charge on any atom is 0.337 e. The number of carbonyl (C=O) groups is 1. The topological polar surface area (TPSA) is 101 Å². The van der Waals surface area contributed by atoms with Gasteiger partial charge in [-0.15, -0.1) is 11.3 Å². The minimum absolute atomic E-state index is 0.183. The first-order valence-electron chi connectivity index (χ1n) is 13.5. The largest absolute Gasteiger partial charge is 0.494 e. The monoisotopic (exact) mass is 563 g/mol. The predicted octanol–water partition coefficient (Wildman–Crippen LogP) is 3.87. The Labute approximate surface area is 235 Å². The van der Waals surface area contributed by atoms with Gasteiger partial charge in [0.15, 0.2) is 11.5 Å². The first-order chi connectivity index (χ1) is 19.4. The second kappa shape index (κ2) is 12.0. The van der Waals surface area contributed by atoms with Gasteiger partial charge in [-0.05, 0) is 86.6 Å². The van der Waals surface area contributed by atoms with Gasteiger partial charge >= 0.3 is 5.69 Å². The zero-order valence-corrected chi connectivity index (χ0v) is 23.8. The molecule has 0 saturated carbocycles. The van der Waals surface area contributed by atoms with Gasteiger partial charge in [-0.2, -0.15) is 0 Å². The number of hydrogen-bond donors (Lipinski definition) is 1. The molecule has 0 unspecified atom stereocenters. The molecule has 10 heteroatoms. The molecule has 0 saturated heterocycles. The van der Waals surface area contributed by atoms with E-state index in [1.54, 1.807) is 38.5 Å². The van der Waals surface area contributed by atoms with Gasteiger partial charge in [0, 0.05) is 11.4 Å². The van der Waals surface area contributed by atoms with Crippen LogP contribution in [0.25, 0.3) is 15.9 Å². The highest BCUT2D eigenvalue weighted by Crippen LogP contribution is 2.34. The molecule has 40 heavy (non-hydrogen) atoms. The van der Waals surface area contributed by atoms with Crippen LogP contribution >= 0.6 is 11.3 Å². The third kappa shape index (κ3) is 5.36. The summed E-state index contributed by atoms with van der Waals surface area (Å²) >= 11 is 1.46. The zero-order chi connectivity index (χ0) is 28.2. The van der Waals surface area contributed by atoms with Crippen LogP contribution in [0.15, 0.2) is 52.1 Å². The van der Waals surface area contributed by atoms with Crippen molar-refractivity contribution in [3.8, 4) is 22.9 Å². The predicted molar refractivity (Wildman–Crippen MR) is 156 cm³/mol. The fourth-order valence-electron chi connectivity index (χ4n) is 5.18. The Bertz CT molecular complexity index is 1650. The molecule has 210 valence electrons. The molecule has 1 N–H and O–H groups in total. The first kappa shape index (κ1) is 27.5. The second-order valence-corrected chi connectivity index (χ2v) is 10.7. The summed E-state index contributed by atoms with van der Waals surface area (Å²) in [5.74, 6) is 1.62. The van der Waals surface area contributed by atoms with E-state index in [2.05, 4.69) is 5.32 Å². The SMILES string of the molecule is CCOc1ccc(-n2c(=O)c3c4c(sc3n(CC(=O)NCCc3ccc(OC)c(OC)c3)c2=O)CCCC4)cc1. The highest BCUT2D eigenvalue weighted by molar-refractivity contribution is 7.18. The number of amides is 1. The van der Waals surface area contributed by atoms with E-state index in [0.717, 1.165) is 41.7 Å². The lowest BCUT2D eigenvalue weighted by atomic mass is 9.97. The Kier molecular flexibility index (Phi) is 8.25. The number of thiophene rings is 1. The molecule has 1 amide bonds. The maximum absolute atomic E-state index is 13.8. The Morgan fingerprint density at radius 1 is 1.00 bits per heavy atom. The number of ether oxygens (including phenoxy) is 3. The van der Waals surface area contributed by atoms with Crippen molar-refractivity contribution in [2.45, 2.75) is 45.6 Å². The van der Waals surface area contributed by atoms with Crippen molar-refractivity contribution in [2.75, 3.05) is 27.4 Å². The van der Waals surface area contributed by atoms with Gasteiger partial charge in [0.25, 0.3) is 5.56 Å². The highest BCUT2D eigenvalue weighted by atomic mass is 32.1. The van der Waals surface area contributed by atoms with Crippen molar-refractivity contribution in [1.29, 1.82) is 0 Å². The van der Waals surface area contributed by atoms with Crippen LogP contribution in [0.5, 0.6) is 17.2 Å². The summed E-state index contributed by atoms with van der Waals surface area (Å²) in [6, 6.07) is 12.5. The smallest absolute Gasteiger partial charge is 0.337 e. The number of aryl methyl sites for hydroxylation is 2. The molecule has 0 radical (unpaired) electrons. The minimum atomic E-state index is -0.532. The molecule has 2 aromatic carbocycles. The van der Waals surface area contributed by atoms with Crippen molar-refractivity contribution >= 4 is 27.5 Å². The summed E-state index contributed by atoms with van der Waals surface area (Å²) in [6.45, 7) is 2.60.